The molecule has 1 aromatic rings. The van der Waals surface area contributed by atoms with Crippen LogP contribution >= 0.6 is 0 Å². The molecule has 0 radical (unpaired) electrons. The normalized spacial score (nSPS) is 20.6. The number of fused-ring (bicyclic) bond motifs is 1. The molecule has 2 atom stereocenters. The molecule has 1 aliphatic rings. The SMILES string of the molecule is CCC1CC/C=C/c2cc(O)ccc2C(=O)OC(C)CCCC1=O.CCCNC(=O)/C=C/N. The molecule has 0 saturated carbocycles. The van der Waals surface area contributed by atoms with Crippen LogP contribution in [0.5, 0.6) is 5.75 Å². The van der Waals surface area contributed by atoms with Gasteiger partial charge in [0.05, 0.1) is 11.7 Å². The third-order valence-corrected chi connectivity index (χ3v) is 5.32. The second-order valence-electron chi connectivity index (χ2n) is 8.08. The number of nitrogens with one attached hydrogen (secondary N) is 1. The van der Waals surface area contributed by atoms with E-state index in [9.17, 15) is 19.5 Å². The van der Waals surface area contributed by atoms with Gasteiger partial charge in [-0.05, 0) is 75.4 Å². The number of hydrogen-bond acceptors (Lipinski definition) is 6. The number of rotatable bonds is 4. The quantitative estimate of drug-likeness (QED) is 0.452. The summed E-state index contributed by atoms with van der Waals surface area (Å²) in [7, 11) is 0. The molecule has 0 aliphatic carbocycles. The molecule has 1 amide bonds. The largest absolute Gasteiger partial charge is 0.508 e. The first-order chi connectivity index (χ1) is 15.8. The van der Waals surface area contributed by atoms with Crippen molar-refractivity contribution < 1.29 is 24.2 Å². The molecule has 1 aromatic carbocycles. The number of phenolic OH excluding ortho intramolecular Hbond substituents is 1. The molecule has 0 fully saturated rings. The van der Waals surface area contributed by atoms with E-state index in [1.165, 1.54) is 18.3 Å². The van der Waals surface area contributed by atoms with Gasteiger partial charge in [-0.2, -0.15) is 0 Å². The molecule has 2 rings (SSSR count). The average molecular weight is 459 g/mol. The van der Waals surface area contributed by atoms with Gasteiger partial charge in [0.1, 0.15) is 11.5 Å². The number of cyclic esters (lactones) is 1. The molecule has 33 heavy (non-hydrogen) atoms. The van der Waals surface area contributed by atoms with Crippen molar-refractivity contribution in [3.05, 3.63) is 47.7 Å². The first-order valence-corrected chi connectivity index (χ1v) is 11.7. The Bertz CT molecular complexity index is 832. The maximum Gasteiger partial charge on any atom is 0.339 e. The van der Waals surface area contributed by atoms with Gasteiger partial charge in [0.15, 0.2) is 0 Å². The molecule has 4 N–H and O–H groups in total. The van der Waals surface area contributed by atoms with E-state index >= 15 is 0 Å². The van der Waals surface area contributed by atoms with Gasteiger partial charge in [-0.25, -0.2) is 4.79 Å². The Kier molecular flexibility index (Phi) is 13.3. The fraction of sp³-hybridized carbons (Fsp3) is 0.500. The van der Waals surface area contributed by atoms with Crippen LogP contribution in [-0.4, -0.2) is 35.4 Å². The number of carbonyl (C=O) groups is 3. The Morgan fingerprint density at radius 1 is 1.27 bits per heavy atom. The average Bonchev–Trinajstić information content (AvgIpc) is 2.77. The first kappa shape index (κ1) is 27.9. The topological polar surface area (TPSA) is 119 Å². The molecular formula is C26H38N2O5. The second-order valence-corrected chi connectivity index (χ2v) is 8.08. The van der Waals surface area contributed by atoms with Gasteiger partial charge < -0.3 is 20.9 Å². The van der Waals surface area contributed by atoms with E-state index in [2.05, 4.69) is 5.32 Å². The second kappa shape index (κ2) is 15.7. The van der Waals surface area contributed by atoms with E-state index in [-0.39, 0.29) is 23.7 Å². The number of aromatic hydroxyl groups is 1. The molecule has 0 bridgehead atoms. The van der Waals surface area contributed by atoms with Crippen LogP contribution in [0.2, 0.25) is 0 Å². The van der Waals surface area contributed by atoms with Gasteiger partial charge >= 0.3 is 5.97 Å². The number of amides is 1. The number of phenols is 1. The molecule has 2 unspecified atom stereocenters. The van der Waals surface area contributed by atoms with Gasteiger partial charge in [0, 0.05) is 25.0 Å². The van der Waals surface area contributed by atoms with E-state index in [0.29, 0.717) is 36.3 Å². The fourth-order valence-electron chi connectivity index (χ4n) is 3.44. The van der Waals surface area contributed by atoms with Crippen LogP contribution in [-0.2, 0) is 14.3 Å². The van der Waals surface area contributed by atoms with Crippen LogP contribution in [0.15, 0.2) is 36.6 Å². The van der Waals surface area contributed by atoms with Gasteiger partial charge in [0.2, 0.25) is 5.91 Å². The third kappa shape index (κ3) is 10.9. The van der Waals surface area contributed by atoms with E-state index in [0.717, 1.165) is 32.1 Å². The summed E-state index contributed by atoms with van der Waals surface area (Å²) in [6.07, 6.45) is 11.4. The first-order valence-electron chi connectivity index (χ1n) is 11.7. The zero-order chi connectivity index (χ0) is 24.6. The molecule has 7 heteroatoms. The number of hydrogen-bond donors (Lipinski definition) is 3. The van der Waals surface area contributed by atoms with E-state index in [1.807, 2.05) is 32.9 Å². The summed E-state index contributed by atoms with van der Waals surface area (Å²) in [6, 6.07) is 4.65. The highest BCUT2D eigenvalue weighted by atomic mass is 16.5. The summed E-state index contributed by atoms with van der Waals surface area (Å²) >= 11 is 0. The van der Waals surface area contributed by atoms with Gasteiger partial charge in [-0.1, -0.05) is 26.0 Å². The number of nitrogens with two attached hydrogens (primary N) is 1. The highest BCUT2D eigenvalue weighted by Gasteiger charge is 2.19. The molecule has 0 saturated heterocycles. The Morgan fingerprint density at radius 2 is 2.03 bits per heavy atom. The predicted molar refractivity (Wildman–Crippen MR) is 131 cm³/mol. The van der Waals surface area contributed by atoms with Crippen molar-refractivity contribution in [1.29, 1.82) is 0 Å². The highest BCUT2D eigenvalue weighted by molar-refractivity contribution is 5.94. The summed E-state index contributed by atoms with van der Waals surface area (Å²) < 4.78 is 5.48. The van der Waals surface area contributed by atoms with Gasteiger partial charge in [0.25, 0.3) is 0 Å². The molecule has 1 heterocycles. The van der Waals surface area contributed by atoms with E-state index < -0.39 is 5.97 Å². The lowest BCUT2D eigenvalue weighted by Gasteiger charge is -2.17. The van der Waals surface area contributed by atoms with Gasteiger partial charge in [-0.3, -0.25) is 9.59 Å². The van der Waals surface area contributed by atoms with Crippen LogP contribution in [0.4, 0.5) is 0 Å². The summed E-state index contributed by atoms with van der Waals surface area (Å²) in [4.78, 5) is 35.1. The van der Waals surface area contributed by atoms with Crippen LogP contribution in [0.3, 0.4) is 0 Å². The maximum absolute atomic E-state index is 12.4. The molecule has 7 nitrogen and oxygen atoms in total. The molecule has 0 aromatic heterocycles. The number of esters is 1. The summed E-state index contributed by atoms with van der Waals surface area (Å²) in [5.74, 6) is -0.00285. The number of Topliss-reactive ketones (excluding diaryl/α,β-unsaturated/α-hetero) is 1. The summed E-state index contributed by atoms with van der Waals surface area (Å²) in [5.41, 5.74) is 6.06. The molecule has 0 spiro atoms. The van der Waals surface area contributed by atoms with Crippen molar-refractivity contribution in [3.63, 3.8) is 0 Å². The number of carbonyl (C=O) groups excluding carboxylic acids is 3. The number of ether oxygens (including phenoxy) is 1. The molecule has 1 aliphatic heterocycles. The fourth-order valence-corrected chi connectivity index (χ4v) is 3.44. The maximum atomic E-state index is 12.4. The monoisotopic (exact) mass is 458 g/mol. The van der Waals surface area contributed by atoms with Crippen molar-refractivity contribution in [2.24, 2.45) is 11.7 Å². The summed E-state index contributed by atoms with van der Waals surface area (Å²) in [5, 5.41) is 12.3. The Labute approximate surface area is 197 Å². The molecular weight excluding hydrogens is 420 g/mol. The standard InChI is InChI=1S/C20H26O4.C6H12N2O/c1-3-15-8-4-5-9-16-13-17(21)11-12-18(16)20(23)24-14(2)7-6-10-19(15)22;1-2-5-8-6(9)3-4-7/h5,9,11-15,21H,3-4,6-8,10H2,1-2H3;3-4H,2,5,7H2,1H3,(H,8,9)/b9-5+;4-3+. The van der Waals surface area contributed by atoms with Crippen LogP contribution in [0.25, 0.3) is 6.08 Å². The highest BCUT2D eigenvalue weighted by Crippen LogP contribution is 2.23. The zero-order valence-corrected chi connectivity index (χ0v) is 20.0. The smallest absolute Gasteiger partial charge is 0.339 e. The van der Waals surface area contributed by atoms with Crippen molar-refractivity contribution in [2.75, 3.05) is 6.54 Å². The number of allylic oxidation sites excluding steroid dienone is 1. The minimum atomic E-state index is -0.392. The zero-order valence-electron chi connectivity index (χ0n) is 20.0. The van der Waals surface area contributed by atoms with Crippen molar-refractivity contribution in [3.8, 4) is 5.75 Å². The summed E-state index contributed by atoms with van der Waals surface area (Å²) in [6.45, 7) is 6.60. The number of ketones is 1. The third-order valence-electron chi connectivity index (χ3n) is 5.32. The Hall–Kier alpha value is -3.09. The van der Waals surface area contributed by atoms with Crippen LogP contribution in [0, 0.1) is 5.92 Å². The van der Waals surface area contributed by atoms with Crippen LogP contribution in [0.1, 0.15) is 81.6 Å². The van der Waals surface area contributed by atoms with E-state index in [1.54, 1.807) is 12.1 Å². The number of benzene rings is 1. The van der Waals surface area contributed by atoms with Crippen molar-refractivity contribution in [2.45, 2.75) is 71.8 Å². The lowest BCUT2D eigenvalue weighted by Crippen LogP contribution is -2.21. The minimum Gasteiger partial charge on any atom is -0.508 e. The molecule has 182 valence electrons. The van der Waals surface area contributed by atoms with Gasteiger partial charge in [-0.15, -0.1) is 0 Å². The predicted octanol–water partition coefficient (Wildman–Crippen LogP) is 4.50. The lowest BCUT2D eigenvalue weighted by atomic mass is 9.91. The Balaban J connectivity index is 0.000000513. The van der Waals surface area contributed by atoms with Crippen molar-refractivity contribution in [1.82, 2.24) is 5.32 Å². The van der Waals surface area contributed by atoms with E-state index in [4.69, 9.17) is 10.5 Å². The van der Waals surface area contributed by atoms with Crippen molar-refractivity contribution >= 4 is 23.7 Å². The van der Waals surface area contributed by atoms with Crippen LogP contribution < -0.4 is 11.1 Å². The minimum absolute atomic E-state index is 0.0964. The Morgan fingerprint density at radius 3 is 2.70 bits per heavy atom. The lowest BCUT2D eigenvalue weighted by molar-refractivity contribution is -0.123.